The van der Waals surface area contributed by atoms with E-state index in [9.17, 15) is 4.79 Å². The van der Waals surface area contributed by atoms with E-state index < -0.39 is 0 Å². The number of aldehydes is 1. The molecular weight excluding hydrogens is 271 g/mol. The molecule has 5 heteroatoms. The fraction of sp³-hybridized carbons (Fsp3) is 0.231. The van der Waals surface area contributed by atoms with Gasteiger partial charge in [0.2, 0.25) is 0 Å². The highest BCUT2D eigenvalue weighted by molar-refractivity contribution is 6.67. The first-order valence-corrected chi connectivity index (χ1v) is 6.32. The summed E-state index contributed by atoms with van der Waals surface area (Å²) in [5.41, 5.74) is 1.10. The predicted molar refractivity (Wildman–Crippen MR) is 73.8 cm³/mol. The molecule has 0 saturated carbocycles. The maximum absolute atomic E-state index is 10.7. The second kappa shape index (κ2) is 6.03. The van der Waals surface area contributed by atoms with E-state index in [1.807, 2.05) is 30.3 Å². The summed E-state index contributed by atoms with van der Waals surface area (Å²) < 4.78 is 0. The maximum atomic E-state index is 10.7. The van der Waals surface area contributed by atoms with Crippen molar-refractivity contribution < 1.29 is 4.79 Å². The van der Waals surface area contributed by atoms with Gasteiger partial charge in [-0.1, -0.05) is 35.3 Å². The first-order chi connectivity index (χ1) is 8.69. The minimum absolute atomic E-state index is 0.298. The Bertz CT molecular complexity index is 494. The Balaban J connectivity index is 1.94. The number of aliphatic imine (C=N–C) groups is 1. The number of allylic oxidation sites excluding steroid dienone is 1. The SMILES string of the molecule is O=CC1CC=C(NCc2ccc(Cl)cc2)N=C1Cl. The molecule has 0 amide bonds. The first kappa shape index (κ1) is 13.1. The summed E-state index contributed by atoms with van der Waals surface area (Å²) >= 11 is 11.7. The molecule has 0 fully saturated rings. The third-order valence-electron chi connectivity index (χ3n) is 2.65. The van der Waals surface area contributed by atoms with Crippen LogP contribution in [0.4, 0.5) is 0 Å². The molecule has 0 saturated heterocycles. The molecule has 0 spiro atoms. The summed E-state index contributed by atoms with van der Waals surface area (Å²) in [4.78, 5) is 14.8. The molecule has 0 aromatic heterocycles. The standard InChI is InChI=1S/C13H12Cl2N2O/c14-11-4-1-9(2-5-11)7-16-12-6-3-10(8-18)13(15)17-12/h1-2,4-6,8,10,16H,3,7H2. The maximum Gasteiger partial charge on any atom is 0.130 e. The summed E-state index contributed by atoms with van der Waals surface area (Å²) in [6, 6.07) is 7.56. The van der Waals surface area contributed by atoms with Crippen LogP contribution in [0.15, 0.2) is 41.2 Å². The van der Waals surface area contributed by atoms with Gasteiger partial charge in [-0.25, -0.2) is 4.99 Å². The zero-order valence-corrected chi connectivity index (χ0v) is 11.1. The Hall–Kier alpha value is -1.32. The van der Waals surface area contributed by atoms with E-state index in [0.717, 1.165) is 11.8 Å². The van der Waals surface area contributed by atoms with Gasteiger partial charge in [-0.05, 0) is 30.2 Å². The average Bonchev–Trinajstić information content (AvgIpc) is 2.38. The number of rotatable bonds is 4. The molecule has 2 rings (SSSR count). The fourth-order valence-corrected chi connectivity index (χ4v) is 1.96. The van der Waals surface area contributed by atoms with E-state index >= 15 is 0 Å². The highest BCUT2D eigenvalue weighted by Crippen LogP contribution is 2.17. The van der Waals surface area contributed by atoms with Crippen LogP contribution >= 0.6 is 23.2 Å². The van der Waals surface area contributed by atoms with Crippen molar-refractivity contribution in [3.63, 3.8) is 0 Å². The van der Waals surface area contributed by atoms with E-state index in [0.29, 0.717) is 29.0 Å². The van der Waals surface area contributed by atoms with Crippen LogP contribution in [0.5, 0.6) is 0 Å². The van der Waals surface area contributed by atoms with Crippen molar-refractivity contribution in [2.24, 2.45) is 10.9 Å². The Kier molecular flexibility index (Phi) is 4.39. The van der Waals surface area contributed by atoms with Gasteiger partial charge in [-0.15, -0.1) is 0 Å². The third-order valence-corrected chi connectivity index (χ3v) is 3.27. The number of hydrogen-bond acceptors (Lipinski definition) is 3. The highest BCUT2D eigenvalue weighted by Gasteiger charge is 2.16. The predicted octanol–water partition coefficient (Wildman–Crippen LogP) is 3.13. The van der Waals surface area contributed by atoms with Crippen LogP contribution in [0.25, 0.3) is 0 Å². The second-order valence-electron chi connectivity index (χ2n) is 3.98. The van der Waals surface area contributed by atoms with Crippen molar-refractivity contribution >= 4 is 34.7 Å². The van der Waals surface area contributed by atoms with Crippen LogP contribution in [0.1, 0.15) is 12.0 Å². The number of nitrogens with zero attached hydrogens (tertiary/aromatic N) is 1. The Labute approximate surface area is 116 Å². The van der Waals surface area contributed by atoms with Gasteiger partial charge < -0.3 is 10.1 Å². The molecule has 0 aliphatic carbocycles. The zero-order chi connectivity index (χ0) is 13.0. The van der Waals surface area contributed by atoms with E-state index in [1.165, 1.54) is 0 Å². The van der Waals surface area contributed by atoms with Crippen LogP contribution in [0.2, 0.25) is 5.02 Å². The highest BCUT2D eigenvalue weighted by atomic mass is 35.5. The van der Waals surface area contributed by atoms with Crippen molar-refractivity contribution in [2.45, 2.75) is 13.0 Å². The lowest BCUT2D eigenvalue weighted by Gasteiger charge is -2.15. The number of carbonyl (C=O) groups is 1. The number of hydrogen-bond donors (Lipinski definition) is 1. The molecule has 1 aliphatic rings. The summed E-state index contributed by atoms with van der Waals surface area (Å²) in [5, 5.41) is 4.21. The van der Waals surface area contributed by atoms with Crippen molar-refractivity contribution in [3.05, 3.63) is 46.7 Å². The van der Waals surface area contributed by atoms with Gasteiger partial charge >= 0.3 is 0 Å². The summed E-state index contributed by atoms with van der Waals surface area (Å²) in [5.74, 6) is 0.404. The van der Waals surface area contributed by atoms with Gasteiger partial charge in [0.15, 0.2) is 0 Å². The normalized spacial score (nSPS) is 18.9. The average molecular weight is 283 g/mol. The Morgan fingerprint density at radius 2 is 2.06 bits per heavy atom. The molecule has 3 nitrogen and oxygen atoms in total. The van der Waals surface area contributed by atoms with Crippen molar-refractivity contribution in [1.82, 2.24) is 5.32 Å². The number of benzene rings is 1. The smallest absolute Gasteiger partial charge is 0.130 e. The van der Waals surface area contributed by atoms with Crippen molar-refractivity contribution in [1.29, 1.82) is 0 Å². The van der Waals surface area contributed by atoms with Crippen LogP contribution < -0.4 is 5.32 Å². The largest absolute Gasteiger partial charge is 0.366 e. The van der Waals surface area contributed by atoms with Crippen LogP contribution in [-0.2, 0) is 11.3 Å². The van der Waals surface area contributed by atoms with Gasteiger partial charge in [0.1, 0.15) is 17.3 Å². The Morgan fingerprint density at radius 3 is 2.67 bits per heavy atom. The van der Waals surface area contributed by atoms with E-state index in [2.05, 4.69) is 10.3 Å². The van der Waals surface area contributed by atoms with Gasteiger partial charge in [0.25, 0.3) is 0 Å². The van der Waals surface area contributed by atoms with Gasteiger partial charge in [-0.3, -0.25) is 0 Å². The Morgan fingerprint density at radius 1 is 1.33 bits per heavy atom. The molecular formula is C13H12Cl2N2O. The lowest BCUT2D eigenvalue weighted by atomic mass is 10.1. The second-order valence-corrected chi connectivity index (χ2v) is 4.81. The van der Waals surface area contributed by atoms with Gasteiger partial charge in [0.05, 0.1) is 5.92 Å². The number of carbonyl (C=O) groups excluding carboxylic acids is 1. The van der Waals surface area contributed by atoms with Crippen LogP contribution in [-0.4, -0.2) is 11.5 Å². The lowest BCUT2D eigenvalue weighted by molar-refractivity contribution is -0.109. The lowest BCUT2D eigenvalue weighted by Crippen LogP contribution is -2.20. The van der Waals surface area contributed by atoms with Crippen molar-refractivity contribution in [3.8, 4) is 0 Å². The minimum atomic E-state index is -0.298. The minimum Gasteiger partial charge on any atom is -0.366 e. The monoisotopic (exact) mass is 282 g/mol. The van der Waals surface area contributed by atoms with E-state index in [1.54, 1.807) is 0 Å². The molecule has 0 radical (unpaired) electrons. The third kappa shape index (κ3) is 3.34. The molecule has 1 N–H and O–H groups in total. The van der Waals surface area contributed by atoms with Gasteiger partial charge in [-0.2, -0.15) is 0 Å². The molecule has 1 aromatic rings. The molecule has 1 atom stereocenters. The number of halogens is 2. The summed E-state index contributed by atoms with van der Waals surface area (Å²) in [7, 11) is 0. The van der Waals surface area contributed by atoms with E-state index in [4.69, 9.17) is 23.2 Å². The topological polar surface area (TPSA) is 41.5 Å². The molecule has 1 aromatic carbocycles. The molecule has 1 unspecified atom stereocenters. The summed E-state index contributed by atoms with van der Waals surface area (Å²) in [6.07, 6.45) is 3.29. The molecule has 1 heterocycles. The zero-order valence-electron chi connectivity index (χ0n) is 9.57. The number of nitrogens with one attached hydrogen (secondary N) is 1. The van der Waals surface area contributed by atoms with Crippen LogP contribution in [0, 0.1) is 5.92 Å². The quantitative estimate of drug-likeness (QED) is 0.862. The van der Waals surface area contributed by atoms with E-state index in [-0.39, 0.29) is 5.92 Å². The first-order valence-electron chi connectivity index (χ1n) is 5.57. The molecule has 0 bridgehead atoms. The van der Waals surface area contributed by atoms with Gasteiger partial charge in [0, 0.05) is 11.6 Å². The fourth-order valence-electron chi connectivity index (χ4n) is 1.60. The molecule has 94 valence electrons. The van der Waals surface area contributed by atoms with Crippen molar-refractivity contribution in [2.75, 3.05) is 0 Å². The molecule has 1 aliphatic heterocycles. The molecule has 18 heavy (non-hydrogen) atoms. The van der Waals surface area contributed by atoms with Crippen LogP contribution in [0.3, 0.4) is 0 Å². The summed E-state index contributed by atoms with van der Waals surface area (Å²) in [6.45, 7) is 0.641.